The summed E-state index contributed by atoms with van der Waals surface area (Å²) < 4.78 is 17.9. The van der Waals surface area contributed by atoms with Gasteiger partial charge in [0.25, 0.3) is 5.91 Å². The minimum absolute atomic E-state index is 0.0324. The van der Waals surface area contributed by atoms with Crippen LogP contribution < -0.4 is 24.8 Å². The van der Waals surface area contributed by atoms with Gasteiger partial charge in [-0.1, -0.05) is 30.3 Å². The number of rotatable bonds is 9. The SMILES string of the molecule is CC(C)Oc1ccc(C(=O)NC(=S)Nc2ccccc2OCCOc2ccccc2)cc1Br. The normalized spacial score (nSPS) is 10.4. The van der Waals surface area contributed by atoms with Gasteiger partial charge < -0.3 is 19.5 Å². The van der Waals surface area contributed by atoms with Crippen molar-refractivity contribution in [1.29, 1.82) is 0 Å². The molecular weight excluding hydrogens is 504 g/mol. The first-order chi connectivity index (χ1) is 15.9. The summed E-state index contributed by atoms with van der Waals surface area (Å²) in [7, 11) is 0. The maximum atomic E-state index is 12.6. The highest BCUT2D eigenvalue weighted by molar-refractivity contribution is 9.10. The molecule has 1 amide bonds. The van der Waals surface area contributed by atoms with Crippen molar-refractivity contribution in [3.05, 3.63) is 82.8 Å². The molecule has 0 bridgehead atoms. The monoisotopic (exact) mass is 528 g/mol. The predicted molar refractivity (Wildman–Crippen MR) is 137 cm³/mol. The van der Waals surface area contributed by atoms with Gasteiger partial charge in [0.2, 0.25) is 0 Å². The fourth-order valence-electron chi connectivity index (χ4n) is 2.84. The van der Waals surface area contributed by atoms with Gasteiger partial charge in [0.05, 0.1) is 16.3 Å². The van der Waals surface area contributed by atoms with E-state index in [1.807, 2.05) is 68.4 Å². The van der Waals surface area contributed by atoms with Crippen molar-refractivity contribution in [2.45, 2.75) is 20.0 Å². The number of hydrogen-bond donors (Lipinski definition) is 2. The number of thiocarbonyl (C=S) groups is 1. The Morgan fingerprint density at radius 3 is 2.36 bits per heavy atom. The molecule has 2 N–H and O–H groups in total. The van der Waals surface area contributed by atoms with Crippen LogP contribution in [0.15, 0.2) is 77.3 Å². The lowest BCUT2D eigenvalue weighted by atomic mass is 10.2. The van der Waals surface area contributed by atoms with Crippen molar-refractivity contribution in [2.24, 2.45) is 0 Å². The number of carbonyl (C=O) groups is 1. The Balaban J connectivity index is 1.53. The summed E-state index contributed by atoms with van der Waals surface area (Å²) in [5.41, 5.74) is 1.09. The fourth-order valence-corrected chi connectivity index (χ4v) is 3.52. The number of nitrogens with one attached hydrogen (secondary N) is 2. The maximum Gasteiger partial charge on any atom is 0.257 e. The van der Waals surface area contributed by atoms with Crippen molar-refractivity contribution in [2.75, 3.05) is 18.5 Å². The van der Waals surface area contributed by atoms with Crippen LogP contribution in [0.25, 0.3) is 0 Å². The lowest BCUT2D eigenvalue weighted by Gasteiger charge is -2.15. The van der Waals surface area contributed by atoms with Crippen LogP contribution in [0.4, 0.5) is 5.69 Å². The zero-order valence-corrected chi connectivity index (χ0v) is 20.7. The Hall–Kier alpha value is -3.10. The number of carbonyl (C=O) groups excluding carboxylic acids is 1. The van der Waals surface area contributed by atoms with Crippen LogP contribution >= 0.6 is 28.1 Å². The number of benzene rings is 3. The average molecular weight is 529 g/mol. The van der Waals surface area contributed by atoms with E-state index in [9.17, 15) is 4.79 Å². The molecule has 0 spiro atoms. The van der Waals surface area contributed by atoms with Crippen LogP contribution in [0, 0.1) is 0 Å². The van der Waals surface area contributed by atoms with Gasteiger partial charge in [-0.05, 0) is 84.5 Å². The molecule has 0 aromatic heterocycles. The first kappa shape index (κ1) is 24.5. The second-order valence-corrected chi connectivity index (χ2v) is 8.49. The molecule has 0 aliphatic carbocycles. The maximum absolute atomic E-state index is 12.6. The van der Waals surface area contributed by atoms with Crippen LogP contribution in [0.3, 0.4) is 0 Å². The van der Waals surface area contributed by atoms with Crippen LogP contribution in [-0.4, -0.2) is 30.3 Å². The molecule has 0 saturated heterocycles. The minimum atomic E-state index is -0.334. The molecule has 0 atom stereocenters. The van der Waals surface area contributed by atoms with Crippen LogP contribution in [0.1, 0.15) is 24.2 Å². The third-order valence-corrected chi connectivity index (χ3v) is 5.10. The van der Waals surface area contributed by atoms with Crippen molar-refractivity contribution >= 4 is 44.9 Å². The Kier molecular flexibility index (Phi) is 9.09. The minimum Gasteiger partial charge on any atom is -0.490 e. The molecule has 3 rings (SSSR count). The van der Waals surface area contributed by atoms with E-state index in [2.05, 4.69) is 26.6 Å². The summed E-state index contributed by atoms with van der Waals surface area (Å²) in [6, 6.07) is 22.0. The van der Waals surface area contributed by atoms with E-state index >= 15 is 0 Å². The van der Waals surface area contributed by atoms with Gasteiger partial charge in [-0.15, -0.1) is 0 Å². The number of amides is 1. The molecule has 0 aliphatic rings. The topological polar surface area (TPSA) is 68.8 Å². The average Bonchev–Trinajstić information content (AvgIpc) is 2.79. The number of anilines is 1. The van der Waals surface area contributed by atoms with Crippen molar-refractivity contribution in [3.8, 4) is 17.2 Å². The molecule has 0 radical (unpaired) electrons. The molecule has 6 nitrogen and oxygen atoms in total. The molecule has 0 saturated carbocycles. The molecule has 8 heteroatoms. The second-order valence-electron chi connectivity index (χ2n) is 7.23. The summed E-state index contributed by atoms with van der Waals surface area (Å²) in [6.45, 7) is 4.63. The highest BCUT2D eigenvalue weighted by Gasteiger charge is 2.13. The van der Waals surface area contributed by atoms with E-state index in [4.69, 9.17) is 26.4 Å². The van der Waals surface area contributed by atoms with Crippen LogP contribution in [0.5, 0.6) is 17.2 Å². The van der Waals surface area contributed by atoms with Crippen LogP contribution in [0.2, 0.25) is 0 Å². The number of para-hydroxylation sites is 3. The first-order valence-electron chi connectivity index (χ1n) is 10.4. The molecule has 0 heterocycles. The molecule has 172 valence electrons. The molecule has 0 unspecified atom stereocenters. The third-order valence-electron chi connectivity index (χ3n) is 4.27. The first-order valence-corrected chi connectivity index (χ1v) is 11.6. The lowest BCUT2D eigenvalue weighted by molar-refractivity contribution is 0.0977. The summed E-state index contributed by atoms with van der Waals surface area (Å²) in [5.74, 6) is 1.72. The molecule has 33 heavy (non-hydrogen) atoms. The zero-order valence-electron chi connectivity index (χ0n) is 18.3. The predicted octanol–water partition coefficient (Wildman–Crippen LogP) is 5.82. The van der Waals surface area contributed by atoms with Crippen molar-refractivity contribution in [1.82, 2.24) is 5.32 Å². The van der Waals surface area contributed by atoms with Crippen LogP contribution in [-0.2, 0) is 0 Å². The van der Waals surface area contributed by atoms with E-state index in [1.54, 1.807) is 18.2 Å². The Labute approximate surface area is 207 Å². The van der Waals surface area contributed by atoms with E-state index in [-0.39, 0.29) is 17.1 Å². The van der Waals surface area contributed by atoms with Gasteiger partial charge in [0.1, 0.15) is 30.5 Å². The Morgan fingerprint density at radius 2 is 1.64 bits per heavy atom. The fraction of sp³-hybridized carbons (Fsp3) is 0.200. The summed E-state index contributed by atoms with van der Waals surface area (Å²) in [5, 5.41) is 5.87. The lowest BCUT2D eigenvalue weighted by Crippen LogP contribution is -2.34. The van der Waals surface area contributed by atoms with Gasteiger partial charge in [-0.2, -0.15) is 0 Å². The summed E-state index contributed by atoms with van der Waals surface area (Å²) in [4.78, 5) is 12.6. The van der Waals surface area contributed by atoms with Crippen molar-refractivity contribution < 1.29 is 19.0 Å². The van der Waals surface area contributed by atoms with E-state index in [0.29, 0.717) is 40.4 Å². The Bertz CT molecular complexity index is 1090. The number of halogens is 1. The van der Waals surface area contributed by atoms with Gasteiger partial charge in [0.15, 0.2) is 5.11 Å². The molecular formula is C25H25BrN2O4S. The van der Waals surface area contributed by atoms with Gasteiger partial charge in [-0.3, -0.25) is 10.1 Å². The molecule has 3 aromatic carbocycles. The number of ether oxygens (including phenoxy) is 3. The smallest absolute Gasteiger partial charge is 0.257 e. The Morgan fingerprint density at radius 1 is 0.939 bits per heavy atom. The van der Waals surface area contributed by atoms with Gasteiger partial charge in [0, 0.05) is 5.56 Å². The summed E-state index contributed by atoms with van der Waals surface area (Å²) >= 11 is 8.77. The second kappa shape index (κ2) is 12.2. The highest BCUT2D eigenvalue weighted by atomic mass is 79.9. The standard InChI is InChI=1S/C25H25BrN2O4S/c1-17(2)32-22-13-12-18(16-20(22)26)24(29)28-25(33)27-21-10-6-7-11-23(21)31-15-14-30-19-8-4-3-5-9-19/h3-13,16-17H,14-15H2,1-2H3,(H2,27,28,29,33). The highest BCUT2D eigenvalue weighted by Crippen LogP contribution is 2.27. The zero-order chi connectivity index (χ0) is 23.6. The van der Waals surface area contributed by atoms with Crippen molar-refractivity contribution in [3.63, 3.8) is 0 Å². The quantitative estimate of drug-likeness (QED) is 0.269. The third kappa shape index (κ3) is 7.76. The number of hydrogen-bond acceptors (Lipinski definition) is 5. The van der Waals surface area contributed by atoms with E-state index < -0.39 is 0 Å². The van der Waals surface area contributed by atoms with Gasteiger partial charge >= 0.3 is 0 Å². The molecule has 0 fully saturated rings. The molecule has 3 aromatic rings. The van der Waals surface area contributed by atoms with Gasteiger partial charge in [-0.25, -0.2) is 0 Å². The summed E-state index contributed by atoms with van der Waals surface area (Å²) in [6.07, 6.45) is 0.0324. The largest absolute Gasteiger partial charge is 0.490 e. The van der Waals surface area contributed by atoms with E-state index in [1.165, 1.54) is 0 Å². The molecule has 0 aliphatic heterocycles. The van der Waals surface area contributed by atoms with E-state index in [0.717, 1.165) is 5.75 Å².